The molecule has 3 atom stereocenters. The maximum absolute atomic E-state index is 4.27. The lowest BCUT2D eigenvalue weighted by atomic mass is 9.84. The van der Waals surface area contributed by atoms with Gasteiger partial charge in [-0.1, -0.05) is 45.9 Å². The van der Waals surface area contributed by atoms with Crippen molar-refractivity contribution in [3.63, 3.8) is 0 Å². The van der Waals surface area contributed by atoms with Crippen molar-refractivity contribution in [2.75, 3.05) is 13.6 Å². The second-order valence-corrected chi connectivity index (χ2v) is 6.34. The fraction of sp³-hybridized carbons (Fsp3) is 0.778. The third-order valence-corrected chi connectivity index (χ3v) is 4.83. The number of rotatable bonds is 8. The molecule has 0 radical (unpaired) electrons. The molecule has 110 valence electrons. The predicted molar refractivity (Wildman–Crippen MR) is 86.1 cm³/mol. The Bertz CT molecular complexity index is 292. The molecule has 0 fully saturated rings. The van der Waals surface area contributed by atoms with Crippen LogP contribution in [0.1, 0.15) is 59.3 Å². The summed E-state index contributed by atoms with van der Waals surface area (Å²) in [5.41, 5.74) is 1.31. The lowest BCUT2D eigenvalue weighted by Gasteiger charge is -2.31. The average molecular weight is 263 g/mol. The number of hydrogen-bond acceptors (Lipinski definition) is 1. The van der Waals surface area contributed by atoms with Gasteiger partial charge in [0.2, 0.25) is 0 Å². The van der Waals surface area contributed by atoms with Gasteiger partial charge in [-0.2, -0.15) is 0 Å². The van der Waals surface area contributed by atoms with Gasteiger partial charge in [-0.15, -0.1) is 0 Å². The Morgan fingerprint density at radius 1 is 1.32 bits per heavy atom. The van der Waals surface area contributed by atoms with E-state index in [1.165, 1.54) is 50.8 Å². The molecule has 0 saturated carbocycles. The molecule has 0 saturated heterocycles. The zero-order valence-electron chi connectivity index (χ0n) is 13.5. The van der Waals surface area contributed by atoms with Crippen molar-refractivity contribution in [1.82, 2.24) is 4.90 Å². The van der Waals surface area contributed by atoms with Crippen LogP contribution in [0.15, 0.2) is 24.4 Å². The second kappa shape index (κ2) is 8.45. The van der Waals surface area contributed by atoms with E-state index in [0.717, 1.165) is 11.8 Å². The highest BCUT2D eigenvalue weighted by Gasteiger charge is 2.18. The van der Waals surface area contributed by atoms with E-state index >= 15 is 0 Å². The van der Waals surface area contributed by atoms with Crippen LogP contribution in [0.5, 0.6) is 0 Å². The van der Waals surface area contributed by atoms with Gasteiger partial charge in [0.15, 0.2) is 0 Å². The molecule has 0 aromatic carbocycles. The first kappa shape index (κ1) is 16.3. The standard InChI is InChI=1S/C18H33N/c1-6-15(3)16(4)19(5)14-17(7-2)13-18-11-9-8-10-12-18/h8-9,15,17-18H,4,6-7,10-14H2,1-3,5H3. The summed E-state index contributed by atoms with van der Waals surface area (Å²) >= 11 is 0. The van der Waals surface area contributed by atoms with E-state index in [2.05, 4.69) is 51.4 Å². The molecular formula is C18H33N. The van der Waals surface area contributed by atoms with Crippen molar-refractivity contribution in [3.8, 4) is 0 Å². The van der Waals surface area contributed by atoms with Gasteiger partial charge in [0.1, 0.15) is 0 Å². The van der Waals surface area contributed by atoms with Crippen molar-refractivity contribution in [2.45, 2.75) is 59.3 Å². The van der Waals surface area contributed by atoms with Crippen molar-refractivity contribution >= 4 is 0 Å². The SMILES string of the molecule is C=C(C(C)CC)N(C)CC(CC)CC1CC=CCC1. The van der Waals surface area contributed by atoms with Crippen molar-refractivity contribution in [1.29, 1.82) is 0 Å². The van der Waals surface area contributed by atoms with Crippen LogP contribution in [-0.2, 0) is 0 Å². The molecule has 0 aromatic heterocycles. The normalized spacial score (nSPS) is 22.0. The minimum Gasteiger partial charge on any atom is -0.378 e. The Kier molecular flexibility index (Phi) is 7.27. The van der Waals surface area contributed by atoms with Gasteiger partial charge in [-0.25, -0.2) is 0 Å². The Hall–Kier alpha value is -0.720. The van der Waals surface area contributed by atoms with Crippen LogP contribution in [0.2, 0.25) is 0 Å². The molecule has 0 amide bonds. The molecule has 0 bridgehead atoms. The van der Waals surface area contributed by atoms with Crippen molar-refractivity contribution in [3.05, 3.63) is 24.4 Å². The molecule has 0 spiro atoms. The number of hydrogen-bond donors (Lipinski definition) is 0. The summed E-state index contributed by atoms with van der Waals surface area (Å²) in [6, 6.07) is 0. The molecule has 1 aliphatic carbocycles. The molecule has 19 heavy (non-hydrogen) atoms. The van der Waals surface area contributed by atoms with Crippen LogP contribution >= 0.6 is 0 Å². The van der Waals surface area contributed by atoms with E-state index in [1.807, 2.05) is 0 Å². The Morgan fingerprint density at radius 3 is 2.58 bits per heavy atom. The quantitative estimate of drug-likeness (QED) is 0.541. The highest BCUT2D eigenvalue weighted by molar-refractivity contribution is 4.97. The van der Waals surface area contributed by atoms with Gasteiger partial charge in [0.25, 0.3) is 0 Å². The molecule has 1 nitrogen and oxygen atoms in total. The number of allylic oxidation sites excluding steroid dienone is 3. The highest BCUT2D eigenvalue weighted by atomic mass is 15.1. The van der Waals surface area contributed by atoms with Crippen LogP contribution < -0.4 is 0 Å². The fourth-order valence-corrected chi connectivity index (χ4v) is 3.03. The molecule has 1 heteroatoms. The summed E-state index contributed by atoms with van der Waals surface area (Å²) in [5, 5.41) is 0. The van der Waals surface area contributed by atoms with Crippen LogP contribution in [0.4, 0.5) is 0 Å². The summed E-state index contributed by atoms with van der Waals surface area (Å²) < 4.78 is 0. The molecule has 0 heterocycles. The van der Waals surface area contributed by atoms with E-state index in [4.69, 9.17) is 0 Å². The largest absolute Gasteiger partial charge is 0.378 e. The first-order chi connectivity index (χ1) is 9.08. The summed E-state index contributed by atoms with van der Waals surface area (Å²) in [6.07, 6.45) is 12.6. The third-order valence-electron chi connectivity index (χ3n) is 4.83. The van der Waals surface area contributed by atoms with E-state index in [9.17, 15) is 0 Å². The topological polar surface area (TPSA) is 3.24 Å². The zero-order valence-corrected chi connectivity index (χ0v) is 13.5. The lowest BCUT2D eigenvalue weighted by Crippen LogP contribution is -2.28. The van der Waals surface area contributed by atoms with Crippen LogP contribution in [-0.4, -0.2) is 18.5 Å². The average Bonchev–Trinajstić information content (AvgIpc) is 2.45. The van der Waals surface area contributed by atoms with Crippen LogP contribution in [0, 0.1) is 17.8 Å². The molecule has 1 aliphatic rings. The lowest BCUT2D eigenvalue weighted by molar-refractivity contribution is 0.253. The van der Waals surface area contributed by atoms with Gasteiger partial charge in [-0.3, -0.25) is 0 Å². The molecule has 0 aromatic rings. The molecule has 1 rings (SSSR count). The van der Waals surface area contributed by atoms with Gasteiger partial charge in [0, 0.05) is 19.3 Å². The van der Waals surface area contributed by atoms with Crippen LogP contribution in [0.25, 0.3) is 0 Å². The minimum atomic E-state index is 0.611. The van der Waals surface area contributed by atoms with Gasteiger partial charge in [0.05, 0.1) is 0 Å². The first-order valence-corrected chi connectivity index (χ1v) is 8.13. The second-order valence-electron chi connectivity index (χ2n) is 6.34. The highest BCUT2D eigenvalue weighted by Crippen LogP contribution is 2.28. The van der Waals surface area contributed by atoms with E-state index in [0.29, 0.717) is 5.92 Å². The minimum absolute atomic E-state index is 0.611. The van der Waals surface area contributed by atoms with E-state index in [1.54, 1.807) is 0 Å². The van der Waals surface area contributed by atoms with Gasteiger partial charge in [-0.05, 0) is 49.9 Å². The molecule has 3 unspecified atom stereocenters. The van der Waals surface area contributed by atoms with Crippen molar-refractivity contribution < 1.29 is 0 Å². The summed E-state index contributed by atoms with van der Waals surface area (Å²) in [6.45, 7) is 12.3. The summed E-state index contributed by atoms with van der Waals surface area (Å²) in [4.78, 5) is 2.40. The van der Waals surface area contributed by atoms with Crippen molar-refractivity contribution in [2.24, 2.45) is 17.8 Å². The summed E-state index contributed by atoms with van der Waals surface area (Å²) in [7, 11) is 2.22. The Balaban J connectivity index is 2.42. The zero-order chi connectivity index (χ0) is 14.3. The smallest absolute Gasteiger partial charge is 0.0199 e. The monoisotopic (exact) mass is 263 g/mol. The van der Waals surface area contributed by atoms with Gasteiger partial charge >= 0.3 is 0 Å². The fourth-order valence-electron chi connectivity index (χ4n) is 3.03. The van der Waals surface area contributed by atoms with E-state index in [-0.39, 0.29) is 0 Å². The molecule has 0 aliphatic heterocycles. The number of nitrogens with zero attached hydrogens (tertiary/aromatic N) is 1. The summed E-state index contributed by atoms with van der Waals surface area (Å²) in [5.74, 6) is 2.35. The maximum Gasteiger partial charge on any atom is 0.0199 e. The molecule has 0 N–H and O–H groups in total. The Morgan fingerprint density at radius 2 is 2.05 bits per heavy atom. The maximum atomic E-state index is 4.27. The van der Waals surface area contributed by atoms with Crippen LogP contribution in [0.3, 0.4) is 0 Å². The predicted octanol–water partition coefficient (Wildman–Crippen LogP) is 5.25. The molecular weight excluding hydrogens is 230 g/mol. The Labute approximate surface area is 120 Å². The van der Waals surface area contributed by atoms with Gasteiger partial charge < -0.3 is 4.90 Å². The third kappa shape index (κ3) is 5.42. The van der Waals surface area contributed by atoms with E-state index < -0.39 is 0 Å². The first-order valence-electron chi connectivity index (χ1n) is 8.13.